The fourth-order valence-corrected chi connectivity index (χ4v) is 0.560. The van der Waals surface area contributed by atoms with Crippen molar-refractivity contribution in [3.05, 3.63) is 0 Å². The predicted molar refractivity (Wildman–Crippen MR) is 38.0 cm³/mol. The van der Waals surface area contributed by atoms with Gasteiger partial charge >= 0.3 is 0 Å². The second-order valence-corrected chi connectivity index (χ2v) is 1.98. The quantitative estimate of drug-likeness (QED) is 0.530. The Morgan fingerprint density at radius 1 is 1.43 bits per heavy atom. The van der Waals surface area contributed by atoms with Crippen LogP contribution in [0.5, 0.6) is 0 Å². The number of hydroxylamine groups is 3. The summed E-state index contributed by atoms with van der Waals surface area (Å²) in [5.74, 6) is 0. The van der Waals surface area contributed by atoms with Crippen LogP contribution in [0.25, 0.3) is 0 Å². The highest BCUT2D eigenvalue weighted by Gasteiger charge is 2.24. The lowest BCUT2D eigenvalue weighted by atomic mass is 11.2. The first-order valence-corrected chi connectivity index (χ1v) is 3.55. The van der Waals surface area contributed by atoms with Crippen LogP contribution in [0.15, 0.2) is 0 Å². The lowest BCUT2D eigenvalue weighted by molar-refractivity contribution is -0.605. The van der Waals surface area contributed by atoms with E-state index in [9.17, 15) is 0 Å². The molecule has 14 heavy (non-hydrogen) atoms. The van der Waals surface area contributed by atoms with Gasteiger partial charge in [0.25, 0.3) is 6.41 Å². The molecule has 10 heteroatoms. The van der Waals surface area contributed by atoms with Crippen molar-refractivity contribution < 1.29 is 29.2 Å². The second-order valence-electron chi connectivity index (χ2n) is 1.98. The highest BCUT2D eigenvalue weighted by Crippen LogP contribution is 2.04. The molecule has 84 valence electrons. The van der Waals surface area contributed by atoms with Crippen molar-refractivity contribution in [2.75, 3.05) is 21.3 Å². The van der Waals surface area contributed by atoms with Crippen LogP contribution in [0, 0.1) is 0 Å². The first-order valence-electron chi connectivity index (χ1n) is 3.55. The second kappa shape index (κ2) is 6.15. The van der Waals surface area contributed by atoms with Gasteiger partial charge in [-0.3, -0.25) is 9.68 Å². The molecule has 0 spiro atoms. The molecule has 0 aromatic rings. The molecule has 0 radical (unpaired) electrons. The predicted octanol–water partition coefficient (Wildman–Crippen LogP) is -1.62. The molecule has 1 unspecified atom stereocenters. The van der Waals surface area contributed by atoms with Gasteiger partial charge in [0, 0.05) is 7.05 Å². The molecular weight excluding hydrogens is 200 g/mol. The SMILES string of the molecule is CONOC1NON(C)ON(OC)O1. The summed E-state index contributed by atoms with van der Waals surface area (Å²) < 4.78 is 0. The molecule has 0 aliphatic carbocycles. The third-order valence-electron chi connectivity index (χ3n) is 1.03. The summed E-state index contributed by atoms with van der Waals surface area (Å²) in [6.45, 7) is 0. The van der Waals surface area contributed by atoms with E-state index in [-0.39, 0.29) is 0 Å². The van der Waals surface area contributed by atoms with Gasteiger partial charge in [-0.1, -0.05) is 5.64 Å². The minimum absolute atomic E-state index is 0.669. The molecule has 0 bridgehead atoms. The molecule has 0 saturated carbocycles. The van der Waals surface area contributed by atoms with Crippen molar-refractivity contribution >= 4 is 0 Å². The number of hydrogen-bond acceptors (Lipinski definition) is 10. The van der Waals surface area contributed by atoms with Crippen LogP contribution in [0.1, 0.15) is 0 Å². The van der Waals surface area contributed by atoms with Crippen molar-refractivity contribution in [3.8, 4) is 0 Å². The number of rotatable bonds is 4. The Kier molecular flexibility index (Phi) is 5.13. The molecule has 1 atom stereocenters. The van der Waals surface area contributed by atoms with E-state index in [1.54, 1.807) is 0 Å². The molecular formula is C4H12N4O6. The summed E-state index contributed by atoms with van der Waals surface area (Å²) in [5, 5.41) is 1.61. The van der Waals surface area contributed by atoms with E-state index >= 15 is 0 Å². The van der Waals surface area contributed by atoms with Gasteiger partial charge in [-0.2, -0.15) is 9.78 Å². The summed E-state index contributed by atoms with van der Waals surface area (Å²) in [7, 11) is 4.17. The van der Waals surface area contributed by atoms with E-state index in [0.717, 1.165) is 5.23 Å². The third-order valence-corrected chi connectivity index (χ3v) is 1.03. The van der Waals surface area contributed by atoms with Gasteiger partial charge in [-0.15, -0.1) is 10.4 Å². The van der Waals surface area contributed by atoms with Gasteiger partial charge in [-0.05, 0) is 5.23 Å². The summed E-state index contributed by atoms with van der Waals surface area (Å²) in [6, 6.07) is 0. The first kappa shape index (κ1) is 11.7. The van der Waals surface area contributed by atoms with Crippen LogP contribution in [0.3, 0.4) is 0 Å². The van der Waals surface area contributed by atoms with Gasteiger partial charge in [0.15, 0.2) is 0 Å². The molecule has 1 heterocycles. The maximum atomic E-state index is 4.88. The largest absolute Gasteiger partial charge is 0.282 e. The monoisotopic (exact) mass is 212 g/mol. The molecule has 10 nitrogen and oxygen atoms in total. The van der Waals surface area contributed by atoms with E-state index in [4.69, 9.17) is 19.6 Å². The standard InChI is InChI=1S/C4H12N4O6/c1-7-13-5-4(11-6-9-2)12-8(10-3)14-7/h4-6H,1-3H3. The Balaban J connectivity index is 2.36. The number of nitrogens with one attached hydrogen (secondary N) is 2. The topological polar surface area (TPSA) is 85.9 Å². The fourth-order valence-electron chi connectivity index (χ4n) is 0.560. The number of hydrogen-bond donors (Lipinski definition) is 2. The van der Waals surface area contributed by atoms with Gasteiger partial charge in [0.2, 0.25) is 0 Å². The average Bonchev–Trinajstić information content (AvgIpc) is 2.37. The zero-order valence-electron chi connectivity index (χ0n) is 7.92. The van der Waals surface area contributed by atoms with Crippen LogP contribution in [0.4, 0.5) is 0 Å². The van der Waals surface area contributed by atoms with Crippen LogP contribution in [0.2, 0.25) is 0 Å². The lowest BCUT2D eigenvalue weighted by Crippen LogP contribution is -2.40. The van der Waals surface area contributed by atoms with Crippen LogP contribution >= 0.6 is 0 Å². The van der Waals surface area contributed by atoms with E-state index in [1.807, 2.05) is 0 Å². The van der Waals surface area contributed by atoms with E-state index < -0.39 is 6.41 Å². The summed E-state index contributed by atoms with van der Waals surface area (Å²) in [5.41, 5.74) is 4.40. The molecule has 0 amide bonds. The molecule has 0 aromatic carbocycles. The highest BCUT2D eigenvalue weighted by molar-refractivity contribution is 4.21. The van der Waals surface area contributed by atoms with Crippen molar-refractivity contribution in [1.82, 2.24) is 21.7 Å². The summed E-state index contributed by atoms with van der Waals surface area (Å²) >= 11 is 0. The van der Waals surface area contributed by atoms with Gasteiger partial charge in [-0.25, -0.2) is 4.84 Å². The molecule has 1 rings (SSSR count). The Morgan fingerprint density at radius 3 is 2.86 bits per heavy atom. The molecule has 1 aliphatic rings. The third kappa shape index (κ3) is 3.77. The van der Waals surface area contributed by atoms with E-state index in [2.05, 4.69) is 20.8 Å². The minimum atomic E-state index is -1.01. The Bertz CT molecular complexity index is 161. The van der Waals surface area contributed by atoms with Crippen LogP contribution in [-0.2, 0) is 29.2 Å². The average molecular weight is 212 g/mol. The van der Waals surface area contributed by atoms with Gasteiger partial charge in [0.05, 0.1) is 14.2 Å². The molecule has 2 N–H and O–H groups in total. The first-order chi connectivity index (χ1) is 6.76. The smallest absolute Gasteiger partial charge is 0.280 e. The normalized spacial score (nSPS) is 26.4. The Hall–Kier alpha value is -0.400. The zero-order chi connectivity index (χ0) is 10.4. The Morgan fingerprint density at radius 2 is 2.21 bits per heavy atom. The zero-order valence-corrected chi connectivity index (χ0v) is 7.92. The van der Waals surface area contributed by atoms with E-state index in [0.29, 0.717) is 5.39 Å². The van der Waals surface area contributed by atoms with Crippen LogP contribution in [-0.4, -0.2) is 38.3 Å². The van der Waals surface area contributed by atoms with Crippen molar-refractivity contribution in [1.29, 1.82) is 0 Å². The molecule has 0 aromatic heterocycles. The lowest BCUT2D eigenvalue weighted by Gasteiger charge is -2.17. The van der Waals surface area contributed by atoms with Crippen molar-refractivity contribution in [3.63, 3.8) is 0 Å². The molecule has 1 saturated heterocycles. The van der Waals surface area contributed by atoms with Crippen molar-refractivity contribution in [2.45, 2.75) is 6.41 Å². The van der Waals surface area contributed by atoms with Gasteiger partial charge < -0.3 is 0 Å². The summed E-state index contributed by atoms with van der Waals surface area (Å²) in [4.78, 5) is 28.2. The van der Waals surface area contributed by atoms with Gasteiger partial charge in [0.1, 0.15) is 5.39 Å². The molecule has 1 aliphatic heterocycles. The maximum absolute atomic E-state index is 4.88. The Labute approximate surface area is 79.8 Å². The number of nitrogens with zero attached hydrogens (tertiary/aromatic N) is 2. The molecule has 1 fully saturated rings. The highest BCUT2D eigenvalue weighted by atomic mass is 17.3. The van der Waals surface area contributed by atoms with Crippen LogP contribution < -0.4 is 11.1 Å². The minimum Gasteiger partial charge on any atom is -0.280 e. The van der Waals surface area contributed by atoms with E-state index in [1.165, 1.54) is 21.3 Å². The fraction of sp³-hybridized carbons (Fsp3) is 1.00. The maximum Gasteiger partial charge on any atom is 0.282 e. The summed E-state index contributed by atoms with van der Waals surface area (Å²) in [6.07, 6.45) is -1.01. The van der Waals surface area contributed by atoms with Crippen molar-refractivity contribution in [2.24, 2.45) is 0 Å².